The van der Waals surface area contributed by atoms with Crippen LogP contribution in [-0.2, 0) is 4.79 Å². The average Bonchev–Trinajstić information content (AvgIpc) is 2.87. The van der Waals surface area contributed by atoms with Crippen LogP contribution in [0.4, 0.5) is 0 Å². The highest BCUT2D eigenvalue weighted by Gasteiger charge is 2.30. The summed E-state index contributed by atoms with van der Waals surface area (Å²) in [6, 6.07) is 7.61. The van der Waals surface area contributed by atoms with Crippen LogP contribution in [0.25, 0.3) is 0 Å². The third-order valence-electron chi connectivity index (χ3n) is 3.72. The lowest BCUT2D eigenvalue weighted by Crippen LogP contribution is -2.28. The van der Waals surface area contributed by atoms with Crippen LogP contribution in [0.3, 0.4) is 0 Å². The highest BCUT2D eigenvalue weighted by atomic mass is 16.5. The molecule has 2 rings (SSSR count). The molecule has 0 spiro atoms. The van der Waals surface area contributed by atoms with E-state index in [1.54, 1.807) is 19.2 Å². The number of ether oxygens (including phenoxy) is 1. The van der Waals surface area contributed by atoms with Crippen molar-refractivity contribution >= 4 is 5.91 Å². The van der Waals surface area contributed by atoms with Gasteiger partial charge in [0, 0.05) is 6.54 Å². The Morgan fingerprint density at radius 3 is 2.95 bits per heavy atom. The molecule has 1 atom stereocenters. The standard InChI is InChI=1S/C16H21N3O2/c1-3-4-5-8-19-11-15(20)18-16(19)12-6-7-14(21-2)13(9-12)10-17/h6-7,9,16H,3-5,8,11H2,1-2H3,(H,18,20)/t16-/m1/s1. The largest absolute Gasteiger partial charge is 0.495 e. The lowest BCUT2D eigenvalue weighted by atomic mass is 10.1. The normalized spacial score (nSPS) is 18.3. The van der Waals surface area contributed by atoms with E-state index in [2.05, 4.69) is 23.2 Å². The Morgan fingerprint density at radius 2 is 2.29 bits per heavy atom. The summed E-state index contributed by atoms with van der Waals surface area (Å²) in [6.07, 6.45) is 3.24. The van der Waals surface area contributed by atoms with Crippen molar-refractivity contribution in [3.8, 4) is 11.8 Å². The Labute approximate surface area is 125 Å². The Balaban J connectivity index is 2.18. The van der Waals surface area contributed by atoms with Gasteiger partial charge in [-0.05, 0) is 24.1 Å². The lowest BCUT2D eigenvalue weighted by Gasteiger charge is -2.23. The van der Waals surface area contributed by atoms with E-state index in [0.717, 1.165) is 31.4 Å². The van der Waals surface area contributed by atoms with Crippen LogP contribution in [0.1, 0.15) is 43.5 Å². The summed E-state index contributed by atoms with van der Waals surface area (Å²) in [5.74, 6) is 0.592. The third kappa shape index (κ3) is 3.53. The minimum atomic E-state index is -0.146. The van der Waals surface area contributed by atoms with Gasteiger partial charge in [-0.1, -0.05) is 25.8 Å². The molecule has 1 amide bonds. The first kappa shape index (κ1) is 15.3. The van der Waals surface area contributed by atoms with Gasteiger partial charge in [0.15, 0.2) is 0 Å². The molecule has 0 aliphatic carbocycles. The van der Waals surface area contributed by atoms with Crippen LogP contribution >= 0.6 is 0 Å². The number of hydrogen-bond acceptors (Lipinski definition) is 4. The molecule has 1 saturated heterocycles. The maximum atomic E-state index is 11.7. The first-order valence-electron chi connectivity index (χ1n) is 7.31. The third-order valence-corrected chi connectivity index (χ3v) is 3.72. The molecule has 5 heteroatoms. The van der Waals surface area contributed by atoms with E-state index >= 15 is 0 Å². The van der Waals surface area contributed by atoms with Crippen molar-refractivity contribution in [2.24, 2.45) is 0 Å². The van der Waals surface area contributed by atoms with Crippen LogP contribution in [-0.4, -0.2) is 31.0 Å². The molecule has 0 bridgehead atoms. The smallest absolute Gasteiger partial charge is 0.235 e. The molecule has 112 valence electrons. The van der Waals surface area contributed by atoms with Crippen molar-refractivity contribution in [1.29, 1.82) is 5.26 Å². The van der Waals surface area contributed by atoms with Crippen LogP contribution in [0.15, 0.2) is 18.2 Å². The molecule has 1 aliphatic heterocycles. The van der Waals surface area contributed by atoms with Gasteiger partial charge in [0.05, 0.1) is 19.2 Å². The predicted molar refractivity (Wildman–Crippen MR) is 79.7 cm³/mol. The van der Waals surface area contributed by atoms with Crippen LogP contribution in [0, 0.1) is 11.3 Å². The van der Waals surface area contributed by atoms with E-state index < -0.39 is 0 Å². The maximum Gasteiger partial charge on any atom is 0.235 e. The Bertz CT molecular complexity index is 551. The monoisotopic (exact) mass is 287 g/mol. The van der Waals surface area contributed by atoms with Crippen LogP contribution < -0.4 is 10.1 Å². The SMILES string of the molecule is CCCCCN1CC(=O)N[C@H]1c1ccc(OC)c(C#N)c1. The fraction of sp³-hybridized carbons (Fsp3) is 0.500. The number of carbonyl (C=O) groups excluding carboxylic acids is 1. The maximum absolute atomic E-state index is 11.7. The van der Waals surface area contributed by atoms with Gasteiger partial charge in [0.2, 0.25) is 5.91 Å². The zero-order valence-corrected chi connectivity index (χ0v) is 12.6. The number of benzene rings is 1. The number of carbonyl (C=O) groups is 1. The van der Waals surface area contributed by atoms with Crippen molar-refractivity contribution in [3.05, 3.63) is 29.3 Å². The Kier molecular flexibility index (Phi) is 5.18. The van der Waals surface area contributed by atoms with E-state index in [1.807, 2.05) is 6.07 Å². The van der Waals surface area contributed by atoms with Gasteiger partial charge in [0.1, 0.15) is 18.0 Å². The number of nitrogens with one attached hydrogen (secondary N) is 1. The molecular formula is C16H21N3O2. The molecule has 0 unspecified atom stereocenters. The molecule has 0 saturated carbocycles. The summed E-state index contributed by atoms with van der Waals surface area (Å²) < 4.78 is 5.16. The number of nitrogens with zero attached hydrogens (tertiary/aromatic N) is 2. The highest BCUT2D eigenvalue weighted by Crippen LogP contribution is 2.27. The topological polar surface area (TPSA) is 65.4 Å². The molecule has 0 radical (unpaired) electrons. The molecule has 1 aliphatic rings. The quantitative estimate of drug-likeness (QED) is 0.815. The first-order valence-corrected chi connectivity index (χ1v) is 7.31. The minimum Gasteiger partial charge on any atom is -0.495 e. The molecule has 1 aromatic carbocycles. The second kappa shape index (κ2) is 7.09. The number of unbranched alkanes of at least 4 members (excludes halogenated alkanes) is 2. The van der Waals surface area contributed by atoms with Crippen molar-refractivity contribution in [2.75, 3.05) is 20.2 Å². The van der Waals surface area contributed by atoms with E-state index in [9.17, 15) is 10.1 Å². The minimum absolute atomic E-state index is 0.0332. The highest BCUT2D eigenvalue weighted by molar-refractivity contribution is 5.80. The predicted octanol–water partition coefficient (Wildman–Crippen LogP) is 2.19. The summed E-state index contributed by atoms with van der Waals surface area (Å²) in [5, 5.41) is 12.1. The summed E-state index contributed by atoms with van der Waals surface area (Å²) >= 11 is 0. The van der Waals surface area contributed by atoms with Crippen molar-refractivity contribution < 1.29 is 9.53 Å². The van der Waals surface area contributed by atoms with Crippen molar-refractivity contribution in [2.45, 2.75) is 32.4 Å². The molecule has 1 heterocycles. The summed E-state index contributed by atoms with van der Waals surface area (Å²) in [6.45, 7) is 3.46. The Morgan fingerprint density at radius 1 is 1.48 bits per heavy atom. The zero-order valence-electron chi connectivity index (χ0n) is 12.6. The molecule has 1 N–H and O–H groups in total. The summed E-state index contributed by atoms with van der Waals surface area (Å²) in [5.41, 5.74) is 1.42. The lowest BCUT2D eigenvalue weighted by molar-refractivity contribution is -0.118. The zero-order chi connectivity index (χ0) is 15.2. The van der Waals surface area contributed by atoms with Gasteiger partial charge in [0.25, 0.3) is 0 Å². The molecule has 21 heavy (non-hydrogen) atoms. The molecule has 0 aromatic heterocycles. The van der Waals surface area contributed by atoms with Gasteiger partial charge < -0.3 is 10.1 Å². The first-order chi connectivity index (χ1) is 10.2. The number of hydrogen-bond donors (Lipinski definition) is 1. The average molecular weight is 287 g/mol. The van der Waals surface area contributed by atoms with E-state index in [1.165, 1.54) is 0 Å². The van der Waals surface area contributed by atoms with Crippen molar-refractivity contribution in [1.82, 2.24) is 10.2 Å². The van der Waals surface area contributed by atoms with Gasteiger partial charge in [-0.25, -0.2) is 0 Å². The van der Waals surface area contributed by atoms with Gasteiger partial charge in [-0.2, -0.15) is 5.26 Å². The summed E-state index contributed by atoms with van der Waals surface area (Å²) in [7, 11) is 1.55. The number of methoxy groups -OCH3 is 1. The summed E-state index contributed by atoms with van der Waals surface area (Å²) in [4.78, 5) is 13.8. The van der Waals surface area contributed by atoms with E-state index in [-0.39, 0.29) is 12.1 Å². The molecule has 5 nitrogen and oxygen atoms in total. The fourth-order valence-corrected chi connectivity index (χ4v) is 2.62. The second-order valence-corrected chi connectivity index (χ2v) is 5.22. The number of amides is 1. The van der Waals surface area contributed by atoms with Gasteiger partial charge in [-0.15, -0.1) is 0 Å². The van der Waals surface area contributed by atoms with Gasteiger partial charge in [-0.3, -0.25) is 9.69 Å². The van der Waals surface area contributed by atoms with E-state index in [0.29, 0.717) is 17.9 Å². The fourth-order valence-electron chi connectivity index (χ4n) is 2.62. The van der Waals surface area contributed by atoms with Crippen LogP contribution in [0.2, 0.25) is 0 Å². The van der Waals surface area contributed by atoms with E-state index in [4.69, 9.17) is 4.74 Å². The molecule has 1 aromatic rings. The molecular weight excluding hydrogens is 266 g/mol. The van der Waals surface area contributed by atoms with Crippen molar-refractivity contribution in [3.63, 3.8) is 0 Å². The number of nitriles is 1. The second-order valence-electron chi connectivity index (χ2n) is 5.22. The number of rotatable bonds is 6. The Hall–Kier alpha value is -2.06. The molecule has 1 fully saturated rings. The van der Waals surface area contributed by atoms with Gasteiger partial charge >= 0.3 is 0 Å². The van der Waals surface area contributed by atoms with Crippen LogP contribution in [0.5, 0.6) is 5.75 Å².